The van der Waals surface area contributed by atoms with Crippen molar-refractivity contribution < 1.29 is 9.53 Å². The zero-order chi connectivity index (χ0) is 15.2. The van der Waals surface area contributed by atoms with Crippen molar-refractivity contribution in [2.75, 3.05) is 12.8 Å². The van der Waals surface area contributed by atoms with Gasteiger partial charge in [0.2, 0.25) is 0 Å². The number of hydrogen-bond acceptors (Lipinski definition) is 5. The molecule has 1 aromatic heterocycles. The molecule has 0 atom stereocenters. The van der Waals surface area contributed by atoms with Gasteiger partial charge in [-0.05, 0) is 30.7 Å². The molecule has 112 valence electrons. The van der Waals surface area contributed by atoms with Crippen LogP contribution in [0.3, 0.4) is 0 Å². The fourth-order valence-corrected chi connectivity index (χ4v) is 2.11. The van der Waals surface area contributed by atoms with Gasteiger partial charge in [-0.15, -0.1) is 0 Å². The van der Waals surface area contributed by atoms with Crippen LogP contribution in [0.15, 0.2) is 30.7 Å². The number of carbonyl (C=O) groups excluding carboxylic acids is 1. The summed E-state index contributed by atoms with van der Waals surface area (Å²) >= 11 is 0. The van der Waals surface area contributed by atoms with Crippen LogP contribution in [0.5, 0.6) is 0 Å². The number of benzene rings is 1. The van der Waals surface area contributed by atoms with Crippen LogP contribution in [0.1, 0.15) is 28.5 Å². The lowest BCUT2D eigenvalue weighted by atomic mass is 10.1. The summed E-state index contributed by atoms with van der Waals surface area (Å²) in [7, 11) is 1.36. The van der Waals surface area contributed by atoms with Crippen LogP contribution in [-0.2, 0) is 24.4 Å². The first-order chi connectivity index (χ1) is 10.2. The summed E-state index contributed by atoms with van der Waals surface area (Å²) in [6, 6.07) is 5.14. The van der Waals surface area contributed by atoms with Gasteiger partial charge in [-0.25, -0.2) is 9.78 Å². The summed E-state index contributed by atoms with van der Waals surface area (Å²) in [5.41, 5.74) is 9.08. The molecule has 1 heterocycles. The van der Waals surface area contributed by atoms with Crippen molar-refractivity contribution in [2.45, 2.75) is 26.6 Å². The van der Waals surface area contributed by atoms with Gasteiger partial charge in [0.25, 0.3) is 0 Å². The molecular formula is C15H20N4O2. The molecule has 2 aromatic rings. The molecule has 0 saturated heterocycles. The maximum Gasteiger partial charge on any atom is 0.337 e. The molecule has 0 fully saturated rings. The van der Waals surface area contributed by atoms with Gasteiger partial charge in [0.05, 0.1) is 24.7 Å². The second-order valence-electron chi connectivity index (χ2n) is 4.68. The van der Waals surface area contributed by atoms with Crippen molar-refractivity contribution in [3.05, 3.63) is 47.5 Å². The molecule has 0 amide bonds. The van der Waals surface area contributed by atoms with E-state index in [0.717, 1.165) is 17.8 Å². The number of rotatable bonds is 6. The molecule has 0 bridgehead atoms. The summed E-state index contributed by atoms with van der Waals surface area (Å²) in [6.07, 6.45) is 3.65. The maximum atomic E-state index is 11.5. The number of nitrogens with one attached hydrogen (secondary N) is 1. The average Bonchev–Trinajstić information content (AvgIpc) is 2.95. The number of esters is 1. The molecule has 0 unspecified atom stereocenters. The largest absolute Gasteiger partial charge is 0.465 e. The van der Waals surface area contributed by atoms with E-state index in [1.54, 1.807) is 18.2 Å². The Morgan fingerprint density at radius 2 is 2.24 bits per heavy atom. The monoisotopic (exact) mass is 288 g/mol. The second-order valence-corrected chi connectivity index (χ2v) is 4.68. The molecule has 6 heteroatoms. The molecule has 0 radical (unpaired) electrons. The van der Waals surface area contributed by atoms with Gasteiger partial charge in [-0.2, -0.15) is 0 Å². The van der Waals surface area contributed by atoms with Gasteiger partial charge < -0.3 is 20.4 Å². The SMILES string of the molecule is CCn1cncc1CNCc1cc(C(=O)OC)ccc1N. The summed E-state index contributed by atoms with van der Waals surface area (Å²) in [4.78, 5) is 15.6. The number of nitrogen functional groups attached to an aromatic ring is 1. The Bertz CT molecular complexity index is 622. The van der Waals surface area contributed by atoms with E-state index < -0.39 is 0 Å². The first-order valence-electron chi connectivity index (χ1n) is 6.82. The lowest BCUT2D eigenvalue weighted by molar-refractivity contribution is 0.0600. The zero-order valence-corrected chi connectivity index (χ0v) is 12.3. The standard InChI is InChI=1S/C15H20N4O2/c1-3-19-10-18-9-13(19)8-17-7-12-6-11(15(20)21-2)4-5-14(12)16/h4-6,9-10,17H,3,7-8,16H2,1-2H3. The topological polar surface area (TPSA) is 82.2 Å². The number of ether oxygens (including phenoxy) is 1. The number of anilines is 1. The van der Waals surface area contributed by atoms with E-state index in [1.165, 1.54) is 7.11 Å². The molecule has 0 spiro atoms. The zero-order valence-electron chi connectivity index (χ0n) is 12.3. The first kappa shape index (κ1) is 15.1. The van der Waals surface area contributed by atoms with Gasteiger partial charge in [0, 0.05) is 31.5 Å². The number of aromatic nitrogens is 2. The number of aryl methyl sites for hydroxylation is 1. The minimum atomic E-state index is -0.361. The van der Waals surface area contributed by atoms with E-state index in [1.807, 2.05) is 12.5 Å². The van der Waals surface area contributed by atoms with Crippen molar-refractivity contribution in [1.29, 1.82) is 0 Å². The van der Waals surface area contributed by atoms with E-state index in [2.05, 4.69) is 21.8 Å². The van der Waals surface area contributed by atoms with Crippen molar-refractivity contribution >= 4 is 11.7 Å². The Morgan fingerprint density at radius 1 is 1.43 bits per heavy atom. The molecule has 21 heavy (non-hydrogen) atoms. The third kappa shape index (κ3) is 3.61. The fraction of sp³-hybridized carbons (Fsp3) is 0.333. The average molecular weight is 288 g/mol. The van der Waals surface area contributed by atoms with Crippen LogP contribution in [-0.4, -0.2) is 22.6 Å². The van der Waals surface area contributed by atoms with Crippen LogP contribution >= 0.6 is 0 Å². The number of carbonyl (C=O) groups is 1. The molecule has 0 saturated carbocycles. The van der Waals surface area contributed by atoms with Gasteiger partial charge in [0.15, 0.2) is 0 Å². The number of nitrogens with zero attached hydrogens (tertiary/aromatic N) is 2. The maximum absolute atomic E-state index is 11.5. The third-order valence-electron chi connectivity index (χ3n) is 3.32. The summed E-state index contributed by atoms with van der Waals surface area (Å²) in [5, 5.41) is 3.31. The lowest BCUT2D eigenvalue weighted by Gasteiger charge is -2.10. The summed E-state index contributed by atoms with van der Waals surface area (Å²) in [5.74, 6) is -0.361. The van der Waals surface area contributed by atoms with Crippen LogP contribution in [0.2, 0.25) is 0 Å². The van der Waals surface area contributed by atoms with Crippen LogP contribution in [0, 0.1) is 0 Å². The molecule has 3 N–H and O–H groups in total. The van der Waals surface area contributed by atoms with Crippen molar-refractivity contribution in [1.82, 2.24) is 14.9 Å². The van der Waals surface area contributed by atoms with Crippen molar-refractivity contribution in [3.63, 3.8) is 0 Å². The van der Waals surface area contributed by atoms with Crippen LogP contribution in [0.25, 0.3) is 0 Å². The van der Waals surface area contributed by atoms with Gasteiger partial charge in [-0.1, -0.05) is 0 Å². The van der Waals surface area contributed by atoms with Gasteiger partial charge in [-0.3, -0.25) is 0 Å². The minimum absolute atomic E-state index is 0.361. The van der Waals surface area contributed by atoms with Crippen LogP contribution < -0.4 is 11.1 Å². The minimum Gasteiger partial charge on any atom is -0.465 e. The second kappa shape index (κ2) is 6.90. The Hall–Kier alpha value is -2.34. The quantitative estimate of drug-likeness (QED) is 0.622. The Balaban J connectivity index is 2.01. The highest BCUT2D eigenvalue weighted by Gasteiger charge is 2.08. The van der Waals surface area contributed by atoms with E-state index in [4.69, 9.17) is 10.5 Å². The van der Waals surface area contributed by atoms with E-state index in [9.17, 15) is 4.79 Å². The molecular weight excluding hydrogens is 268 g/mol. The molecule has 0 aliphatic rings. The highest BCUT2D eigenvalue weighted by atomic mass is 16.5. The molecule has 0 aliphatic carbocycles. The lowest BCUT2D eigenvalue weighted by Crippen LogP contribution is -2.17. The summed E-state index contributed by atoms with van der Waals surface area (Å²) < 4.78 is 6.78. The van der Waals surface area contributed by atoms with E-state index in [0.29, 0.717) is 24.3 Å². The third-order valence-corrected chi connectivity index (χ3v) is 3.32. The Morgan fingerprint density at radius 3 is 2.95 bits per heavy atom. The molecule has 6 nitrogen and oxygen atoms in total. The Labute approximate surface area is 123 Å². The number of hydrogen-bond donors (Lipinski definition) is 2. The van der Waals surface area contributed by atoms with Crippen LogP contribution in [0.4, 0.5) is 5.69 Å². The molecule has 1 aromatic carbocycles. The van der Waals surface area contributed by atoms with Gasteiger partial charge >= 0.3 is 5.97 Å². The molecule has 2 rings (SSSR count). The van der Waals surface area contributed by atoms with E-state index in [-0.39, 0.29) is 5.97 Å². The predicted octanol–water partition coefficient (Wildman–Crippen LogP) is 1.56. The van der Waals surface area contributed by atoms with Gasteiger partial charge in [0.1, 0.15) is 0 Å². The number of imidazole rings is 1. The number of methoxy groups -OCH3 is 1. The predicted molar refractivity (Wildman–Crippen MR) is 80.6 cm³/mol. The van der Waals surface area contributed by atoms with Crippen molar-refractivity contribution in [2.24, 2.45) is 0 Å². The highest BCUT2D eigenvalue weighted by molar-refractivity contribution is 5.90. The molecule has 0 aliphatic heterocycles. The number of nitrogens with two attached hydrogens (primary N) is 1. The Kier molecular flexibility index (Phi) is 4.94. The highest BCUT2D eigenvalue weighted by Crippen LogP contribution is 2.15. The fourth-order valence-electron chi connectivity index (χ4n) is 2.11. The smallest absolute Gasteiger partial charge is 0.337 e. The summed E-state index contributed by atoms with van der Waals surface area (Å²) in [6.45, 7) is 4.22. The van der Waals surface area contributed by atoms with Crippen molar-refractivity contribution in [3.8, 4) is 0 Å². The van der Waals surface area contributed by atoms with E-state index >= 15 is 0 Å². The normalized spacial score (nSPS) is 10.6. The first-order valence-corrected chi connectivity index (χ1v) is 6.82.